The molecule has 2 aromatic carbocycles. The Hall–Kier alpha value is -1.88. The summed E-state index contributed by atoms with van der Waals surface area (Å²) in [5.74, 6) is 0. The van der Waals surface area contributed by atoms with Crippen molar-refractivity contribution < 1.29 is 13.2 Å². The molecule has 0 amide bonds. The van der Waals surface area contributed by atoms with Gasteiger partial charge in [0.05, 0.1) is 16.3 Å². The lowest BCUT2D eigenvalue weighted by Crippen LogP contribution is -2.14. The number of hydrogen-bond acceptors (Lipinski definition) is 2. The fraction of sp³-hybridized carbons (Fsp3) is 0.200. The van der Waals surface area contributed by atoms with Crippen LogP contribution in [-0.4, -0.2) is 6.54 Å². The minimum absolute atomic E-state index is 0.0834. The van der Waals surface area contributed by atoms with Crippen molar-refractivity contribution in [3.8, 4) is 0 Å². The van der Waals surface area contributed by atoms with Crippen LogP contribution >= 0.6 is 11.6 Å². The first-order chi connectivity index (χ1) is 9.88. The van der Waals surface area contributed by atoms with Crippen LogP contribution < -0.4 is 10.6 Å². The predicted molar refractivity (Wildman–Crippen MR) is 78.0 cm³/mol. The molecule has 2 nitrogen and oxygen atoms in total. The van der Waals surface area contributed by atoms with Gasteiger partial charge >= 0.3 is 6.18 Å². The summed E-state index contributed by atoms with van der Waals surface area (Å²) in [5, 5.41) is 0.0834. The number of benzene rings is 2. The standard InChI is InChI=1S/C15H12ClF3N2/c16-11-8-9(15(17,18)19)4-5-14(11)21-7-6-10-12(20)2-1-3-13(10)21/h1-5,8H,6-7,20H2. The van der Waals surface area contributed by atoms with Gasteiger partial charge in [-0.3, -0.25) is 0 Å². The van der Waals surface area contributed by atoms with E-state index in [4.69, 9.17) is 17.3 Å². The van der Waals surface area contributed by atoms with E-state index in [-0.39, 0.29) is 5.02 Å². The summed E-state index contributed by atoms with van der Waals surface area (Å²) >= 11 is 6.05. The first-order valence-corrected chi connectivity index (χ1v) is 6.77. The van der Waals surface area contributed by atoms with Gasteiger partial charge in [0.2, 0.25) is 0 Å². The van der Waals surface area contributed by atoms with Gasteiger partial charge in [-0.25, -0.2) is 0 Å². The summed E-state index contributed by atoms with van der Waals surface area (Å²) in [5.41, 5.74) is 8.34. The zero-order chi connectivity index (χ0) is 15.2. The maximum Gasteiger partial charge on any atom is 0.416 e. The normalized spacial score (nSPS) is 14.4. The third-order valence-corrected chi connectivity index (χ3v) is 3.93. The van der Waals surface area contributed by atoms with Crippen molar-refractivity contribution in [2.45, 2.75) is 12.6 Å². The van der Waals surface area contributed by atoms with Gasteiger partial charge in [-0.05, 0) is 36.8 Å². The zero-order valence-electron chi connectivity index (χ0n) is 10.9. The molecule has 1 heterocycles. The van der Waals surface area contributed by atoms with Crippen molar-refractivity contribution in [1.82, 2.24) is 0 Å². The minimum Gasteiger partial charge on any atom is -0.398 e. The van der Waals surface area contributed by atoms with Gasteiger partial charge in [-0.1, -0.05) is 17.7 Å². The molecule has 0 saturated heterocycles. The average molecular weight is 313 g/mol. The minimum atomic E-state index is -4.39. The molecule has 6 heteroatoms. The highest BCUT2D eigenvalue weighted by atomic mass is 35.5. The predicted octanol–water partition coefficient (Wildman–Crippen LogP) is 4.64. The van der Waals surface area contributed by atoms with Crippen LogP contribution in [-0.2, 0) is 12.6 Å². The van der Waals surface area contributed by atoms with Crippen molar-refractivity contribution in [2.24, 2.45) is 0 Å². The van der Waals surface area contributed by atoms with E-state index < -0.39 is 11.7 Å². The molecule has 21 heavy (non-hydrogen) atoms. The van der Waals surface area contributed by atoms with Gasteiger partial charge < -0.3 is 10.6 Å². The van der Waals surface area contributed by atoms with Gasteiger partial charge in [0.15, 0.2) is 0 Å². The number of alkyl halides is 3. The maximum atomic E-state index is 12.7. The van der Waals surface area contributed by atoms with E-state index >= 15 is 0 Å². The van der Waals surface area contributed by atoms with Crippen molar-refractivity contribution in [1.29, 1.82) is 0 Å². The summed E-state index contributed by atoms with van der Waals surface area (Å²) in [6.45, 7) is 0.647. The molecule has 0 unspecified atom stereocenters. The van der Waals surface area contributed by atoms with Crippen LogP contribution in [0.15, 0.2) is 36.4 Å². The monoisotopic (exact) mass is 312 g/mol. The van der Waals surface area contributed by atoms with Gasteiger partial charge in [0.25, 0.3) is 0 Å². The fourth-order valence-electron chi connectivity index (χ4n) is 2.61. The Morgan fingerprint density at radius 3 is 2.52 bits per heavy atom. The molecule has 0 radical (unpaired) electrons. The molecule has 0 aliphatic carbocycles. The molecular weight excluding hydrogens is 301 g/mol. The van der Waals surface area contributed by atoms with Crippen LogP contribution in [0.1, 0.15) is 11.1 Å². The van der Waals surface area contributed by atoms with Crippen molar-refractivity contribution in [3.05, 3.63) is 52.5 Å². The molecule has 110 valence electrons. The number of fused-ring (bicyclic) bond motifs is 1. The second kappa shape index (κ2) is 4.84. The van der Waals surface area contributed by atoms with Crippen molar-refractivity contribution >= 4 is 28.7 Å². The van der Waals surface area contributed by atoms with Gasteiger partial charge in [0.1, 0.15) is 0 Å². The summed E-state index contributed by atoms with van der Waals surface area (Å²) in [7, 11) is 0. The SMILES string of the molecule is Nc1cccc2c1CCN2c1ccc(C(F)(F)F)cc1Cl. The Morgan fingerprint density at radius 1 is 1.10 bits per heavy atom. The molecule has 2 N–H and O–H groups in total. The summed E-state index contributed by atoms with van der Waals surface area (Å²) < 4.78 is 38.0. The third kappa shape index (κ3) is 2.42. The lowest BCUT2D eigenvalue weighted by Gasteiger charge is -2.22. The molecule has 3 rings (SSSR count). The Kier molecular flexibility index (Phi) is 3.24. The maximum absolute atomic E-state index is 12.7. The van der Waals surface area contributed by atoms with E-state index in [1.807, 2.05) is 23.1 Å². The summed E-state index contributed by atoms with van der Waals surface area (Å²) in [4.78, 5) is 1.90. The number of nitrogens with zero attached hydrogens (tertiary/aromatic N) is 1. The number of anilines is 3. The van der Waals surface area contributed by atoms with Crippen molar-refractivity contribution in [2.75, 3.05) is 17.2 Å². The summed E-state index contributed by atoms with van der Waals surface area (Å²) in [6, 6.07) is 8.95. The van der Waals surface area contributed by atoms with Crippen LogP contribution in [0, 0.1) is 0 Å². The van der Waals surface area contributed by atoms with Crippen LogP contribution in [0.25, 0.3) is 0 Å². The molecule has 0 bridgehead atoms. The Balaban J connectivity index is 2.03. The average Bonchev–Trinajstić information content (AvgIpc) is 2.83. The highest BCUT2D eigenvalue weighted by molar-refractivity contribution is 6.33. The third-order valence-electron chi connectivity index (χ3n) is 3.63. The molecule has 0 saturated carbocycles. The van der Waals surface area contributed by atoms with E-state index in [1.165, 1.54) is 6.07 Å². The Bertz CT molecular complexity index is 698. The van der Waals surface area contributed by atoms with Gasteiger partial charge in [-0.2, -0.15) is 13.2 Å². The zero-order valence-corrected chi connectivity index (χ0v) is 11.7. The molecular formula is C15H12ClF3N2. The molecule has 0 aromatic heterocycles. The Labute approximate surface area is 124 Å². The quantitative estimate of drug-likeness (QED) is 0.778. The molecule has 0 atom stereocenters. The van der Waals surface area contributed by atoms with E-state index in [0.717, 1.165) is 29.8 Å². The number of hydrogen-bond donors (Lipinski definition) is 1. The van der Waals surface area contributed by atoms with Crippen molar-refractivity contribution in [3.63, 3.8) is 0 Å². The largest absolute Gasteiger partial charge is 0.416 e. The lowest BCUT2D eigenvalue weighted by molar-refractivity contribution is -0.137. The van der Waals surface area contributed by atoms with E-state index in [1.54, 1.807) is 0 Å². The van der Waals surface area contributed by atoms with Crippen LogP contribution in [0.2, 0.25) is 5.02 Å². The molecule has 1 aliphatic rings. The highest BCUT2D eigenvalue weighted by Gasteiger charge is 2.32. The second-order valence-electron chi connectivity index (χ2n) is 4.91. The smallest absolute Gasteiger partial charge is 0.398 e. The van der Waals surface area contributed by atoms with E-state index in [0.29, 0.717) is 17.9 Å². The van der Waals surface area contributed by atoms with Crippen LogP contribution in [0.3, 0.4) is 0 Å². The van der Waals surface area contributed by atoms with Crippen LogP contribution in [0.4, 0.5) is 30.2 Å². The molecule has 0 fully saturated rings. The first kappa shape index (κ1) is 14.1. The fourth-order valence-corrected chi connectivity index (χ4v) is 2.90. The van der Waals surface area contributed by atoms with Crippen LogP contribution in [0.5, 0.6) is 0 Å². The second-order valence-corrected chi connectivity index (χ2v) is 5.32. The van der Waals surface area contributed by atoms with Gasteiger partial charge in [-0.15, -0.1) is 0 Å². The Morgan fingerprint density at radius 2 is 1.86 bits per heavy atom. The van der Waals surface area contributed by atoms with Gasteiger partial charge in [0, 0.05) is 23.5 Å². The lowest BCUT2D eigenvalue weighted by atomic mass is 10.1. The highest BCUT2D eigenvalue weighted by Crippen LogP contribution is 2.42. The summed E-state index contributed by atoms with van der Waals surface area (Å²) in [6.07, 6.45) is -3.64. The molecule has 0 spiro atoms. The number of rotatable bonds is 1. The molecule has 2 aromatic rings. The number of halogens is 4. The number of nitrogen functional groups attached to an aromatic ring is 1. The topological polar surface area (TPSA) is 29.3 Å². The first-order valence-electron chi connectivity index (χ1n) is 6.39. The van der Waals surface area contributed by atoms with E-state index in [9.17, 15) is 13.2 Å². The number of nitrogens with two attached hydrogens (primary N) is 1. The molecule has 1 aliphatic heterocycles. The van der Waals surface area contributed by atoms with E-state index in [2.05, 4.69) is 0 Å².